The molecule has 3 aliphatic rings. The van der Waals surface area contributed by atoms with E-state index >= 15 is 0 Å². The van der Waals surface area contributed by atoms with Crippen LogP contribution in [0.4, 0.5) is 17.1 Å². The summed E-state index contributed by atoms with van der Waals surface area (Å²) in [7, 11) is -1.13. The van der Waals surface area contributed by atoms with Gasteiger partial charge in [-0.3, -0.25) is 19.5 Å². The van der Waals surface area contributed by atoms with Crippen molar-refractivity contribution < 1.29 is 29.1 Å². The summed E-state index contributed by atoms with van der Waals surface area (Å²) in [6, 6.07) is 43.8. The molecule has 2 amide bonds. The summed E-state index contributed by atoms with van der Waals surface area (Å²) >= 11 is 0. The molecule has 58 heavy (non-hydrogen) atoms. The van der Waals surface area contributed by atoms with Crippen LogP contribution in [0.5, 0.6) is 11.5 Å². The van der Waals surface area contributed by atoms with E-state index < -0.39 is 31.0 Å². The molecule has 1 aromatic heterocycles. The molecular formula is C48H42BN3O6. The number of pyridine rings is 1. The summed E-state index contributed by atoms with van der Waals surface area (Å²) in [5.41, 5.74) is 6.83. The number of benzene rings is 5. The maximum atomic E-state index is 14.5. The zero-order chi connectivity index (χ0) is 39.6. The zero-order valence-corrected chi connectivity index (χ0v) is 31.8. The molecule has 1 aliphatic carbocycles. The van der Waals surface area contributed by atoms with E-state index in [-0.39, 0.29) is 30.5 Å². The maximum absolute atomic E-state index is 14.5. The van der Waals surface area contributed by atoms with Crippen LogP contribution >= 0.6 is 0 Å². The van der Waals surface area contributed by atoms with Crippen molar-refractivity contribution in [3.05, 3.63) is 168 Å². The van der Waals surface area contributed by atoms with Crippen molar-refractivity contribution in [2.75, 3.05) is 16.8 Å². The van der Waals surface area contributed by atoms with Crippen LogP contribution in [0.25, 0.3) is 22.4 Å². The number of para-hydroxylation sites is 2. The van der Waals surface area contributed by atoms with E-state index in [2.05, 4.69) is 11.4 Å². The lowest BCUT2D eigenvalue weighted by Crippen LogP contribution is -2.46. The first-order chi connectivity index (χ1) is 28.4. The molecule has 2 saturated heterocycles. The minimum Gasteiger partial charge on any atom is -0.507 e. The normalized spacial score (nSPS) is 20.6. The van der Waals surface area contributed by atoms with Crippen molar-refractivity contribution in [1.82, 2.24) is 4.98 Å². The molecule has 9 rings (SSSR count). The number of carbonyl (C=O) groups is 2. The number of nitrogens with one attached hydrogen (secondary N) is 1. The van der Waals surface area contributed by atoms with Crippen LogP contribution in [0.1, 0.15) is 30.5 Å². The summed E-state index contributed by atoms with van der Waals surface area (Å²) in [4.78, 5) is 34.9. The first-order valence-corrected chi connectivity index (χ1v) is 19.8. The molecule has 0 unspecified atom stereocenters. The van der Waals surface area contributed by atoms with Crippen molar-refractivity contribution >= 4 is 58.4 Å². The van der Waals surface area contributed by atoms with Crippen molar-refractivity contribution in [2.45, 2.75) is 31.7 Å². The number of carbonyl (C=O) groups excluding carboxylic acids is 2. The number of amides is 2. The summed E-state index contributed by atoms with van der Waals surface area (Å²) in [5.74, 6) is -1.27. The quantitative estimate of drug-likeness (QED) is 0.0679. The Kier molecular flexibility index (Phi) is 10.3. The molecule has 0 spiro atoms. The van der Waals surface area contributed by atoms with Crippen LogP contribution in [0, 0.1) is 17.8 Å². The molecule has 3 heterocycles. The number of phenolic OH excluding ortho intramolecular Hbond substituents is 1. The highest BCUT2D eigenvalue weighted by molar-refractivity contribution is 6.43. The number of anilines is 3. The first-order valence-electron chi connectivity index (χ1n) is 19.8. The lowest BCUT2D eigenvalue weighted by molar-refractivity contribution is -0.122. The van der Waals surface area contributed by atoms with E-state index in [9.17, 15) is 19.7 Å². The van der Waals surface area contributed by atoms with Gasteiger partial charge in [-0.05, 0) is 132 Å². The number of ether oxygens (including phenoxy) is 1. The molecule has 0 saturated carbocycles. The molecule has 0 bridgehead atoms. The number of phenols is 1. The Hall–Kier alpha value is -6.49. The fraction of sp³-hybridized carbons (Fsp3) is 0.188. The van der Waals surface area contributed by atoms with Crippen LogP contribution in [-0.2, 0) is 14.2 Å². The Bertz CT molecular complexity index is 2510. The third-order valence-corrected chi connectivity index (χ3v) is 11.6. The fourth-order valence-electron chi connectivity index (χ4n) is 8.95. The highest BCUT2D eigenvalue weighted by Crippen LogP contribution is 2.51. The maximum Gasteiger partial charge on any atom is 0.455 e. The van der Waals surface area contributed by atoms with E-state index in [1.165, 1.54) is 4.90 Å². The van der Waals surface area contributed by atoms with Gasteiger partial charge >= 0.3 is 7.12 Å². The van der Waals surface area contributed by atoms with Gasteiger partial charge in [0.25, 0.3) is 0 Å². The summed E-state index contributed by atoms with van der Waals surface area (Å²) < 4.78 is 12.7. The number of aromatic nitrogens is 1. The van der Waals surface area contributed by atoms with Crippen LogP contribution in [-0.4, -0.2) is 46.8 Å². The Balaban J connectivity index is 1.04. The zero-order valence-electron chi connectivity index (χ0n) is 31.8. The molecule has 3 N–H and O–H groups in total. The lowest BCUT2D eigenvalue weighted by Gasteiger charge is -2.43. The number of allylic oxidation sites excluding steroid dienone is 1. The van der Waals surface area contributed by atoms with E-state index in [1.54, 1.807) is 24.4 Å². The van der Waals surface area contributed by atoms with Crippen molar-refractivity contribution in [3.63, 3.8) is 0 Å². The number of hydrogen-bond donors (Lipinski definition) is 3. The topological polar surface area (TPSA) is 121 Å². The average Bonchev–Trinajstić information content (AvgIpc) is 3.51. The van der Waals surface area contributed by atoms with Crippen LogP contribution in [0.15, 0.2) is 157 Å². The van der Waals surface area contributed by atoms with Crippen molar-refractivity contribution in [1.29, 1.82) is 0 Å². The number of hydrogen-bond acceptors (Lipinski definition) is 8. The van der Waals surface area contributed by atoms with Gasteiger partial charge in [0.15, 0.2) is 0 Å². The summed E-state index contributed by atoms with van der Waals surface area (Å²) in [6.45, 7) is 0.221. The molecule has 6 aromatic rings. The number of nitrogens with zero attached hydrogens (tertiary/aromatic N) is 2. The van der Waals surface area contributed by atoms with Gasteiger partial charge in [-0.25, -0.2) is 0 Å². The number of rotatable bonds is 11. The lowest BCUT2D eigenvalue weighted by atomic mass is 9.58. The molecule has 2 aliphatic heterocycles. The van der Waals surface area contributed by atoms with Gasteiger partial charge in [-0.2, -0.15) is 0 Å². The van der Waals surface area contributed by atoms with Gasteiger partial charge in [0.1, 0.15) is 18.1 Å². The van der Waals surface area contributed by atoms with Crippen molar-refractivity contribution in [3.8, 4) is 11.5 Å². The SMILES string of the molecule is O=C1[C@@H]2[C@@H](CC(COc3ccccc3)=C3[C@@H](CC/C(=C/c4ccc(O)c5ccccc45)c4ccccn4)OB(O)C[C@@H]32)C(=O)N1c1ccc(Nc2ccccc2)cc1. The van der Waals surface area contributed by atoms with Crippen molar-refractivity contribution in [2.24, 2.45) is 17.8 Å². The van der Waals surface area contributed by atoms with Crippen LogP contribution in [0.3, 0.4) is 0 Å². The standard InChI is InChI=1S/C48H42BN3O6/c53-43-24-18-31(38-15-7-8-16-39(38)43)27-32(42-17-9-10-26-50-42)19-25-44-45-33(30-57-37-13-5-2-6-14-37)28-40-46(41(45)29-49(56)58-44)48(55)52(47(40)54)36-22-20-35(21-23-36)51-34-11-3-1-4-12-34/h1-18,20-24,26-27,40-41,44,46,51,53,56H,19,25,28-30H2/b32-27-/t40-,41+,44-,46-/m1/s1. The van der Waals surface area contributed by atoms with E-state index in [1.807, 2.05) is 121 Å². The second-order valence-electron chi connectivity index (χ2n) is 15.1. The van der Waals surface area contributed by atoms with Gasteiger partial charge in [0, 0.05) is 23.0 Å². The average molecular weight is 768 g/mol. The number of aromatic hydroxyl groups is 1. The molecule has 5 aromatic carbocycles. The van der Waals surface area contributed by atoms with Gasteiger partial charge in [-0.15, -0.1) is 0 Å². The Morgan fingerprint density at radius 3 is 2.28 bits per heavy atom. The van der Waals surface area contributed by atoms with E-state index in [0.717, 1.165) is 50.1 Å². The minimum absolute atomic E-state index is 0.192. The fourth-order valence-corrected chi connectivity index (χ4v) is 8.95. The monoisotopic (exact) mass is 767 g/mol. The smallest absolute Gasteiger partial charge is 0.455 e. The van der Waals surface area contributed by atoms with Gasteiger partial charge in [-0.1, -0.05) is 72.8 Å². The van der Waals surface area contributed by atoms with E-state index in [4.69, 9.17) is 14.4 Å². The highest BCUT2D eigenvalue weighted by Gasteiger charge is 2.57. The second kappa shape index (κ2) is 16.2. The Labute approximate surface area is 337 Å². The highest BCUT2D eigenvalue weighted by atomic mass is 16.5. The molecular weight excluding hydrogens is 725 g/mol. The Morgan fingerprint density at radius 2 is 1.52 bits per heavy atom. The second-order valence-corrected chi connectivity index (χ2v) is 15.1. The Morgan fingerprint density at radius 1 is 0.810 bits per heavy atom. The predicted octanol–water partition coefficient (Wildman–Crippen LogP) is 9.09. The van der Waals surface area contributed by atoms with Crippen LogP contribution in [0.2, 0.25) is 6.32 Å². The third kappa shape index (κ3) is 7.40. The summed E-state index contributed by atoms with van der Waals surface area (Å²) in [6.07, 6.45) is 4.86. The van der Waals surface area contributed by atoms with Gasteiger partial charge in [0.2, 0.25) is 11.8 Å². The molecule has 0 radical (unpaired) electrons. The number of fused-ring (bicyclic) bond motifs is 4. The molecule has 4 atom stereocenters. The number of imide groups is 1. The summed E-state index contributed by atoms with van der Waals surface area (Å²) in [5, 5.41) is 27.0. The largest absolute Gasteiger partial charge is 0.507 e. The molecule has 2 fully saturated rings. The predicted molar refractivity (Wildman–Crippen MR) is 227 cm³/mol. The first kappa shape index (κ1) is 37.1. The molecule has 288 valence electrons. The van der Waals surface area contributed by atoms with Gasteiger partial charge < -0.3 is 24.8 Å². The molecule has 9 nitrogen and oxygen atoms in total. The molecule has 10 heteroatoms. The third-order valence-electron chi connectivity index (χ3n) is 11.6. The van der Waals surface area contributed by atoms with Gasteiger partial charge in [0.05, 0.1) is 29.3 Å². The van der Waals surface area contributed by atoms with E-state index in [0.29, 0.717) is 30.7 Å². The van der Waals surface area contributed by atoms with Crippen LogP contribution < -0.4 is 15.0 Å². The minimum atomic E-state index is -1.13.